The molecule has 0 unspecified atom stereocenters. The quantitative estimate of drug-likeness (QED) is 0.373. The number of hydrogen-bond acceptors (Lipinski definition) is 8. The highest BCUT2D eigenvalue weighted by Gasteiger charge is 2.37. The summed E-state index contributed by atoms with van der Waals surface area (Å²) in [5.41, 5.74) is -0.654. The van der Waals surface area contributed by atoms with Gasteiger partial charge < -0.3 is 15.0 Å². The fraction of sp³-hybridized carbons (Fsp3) is 0.519. The number of nitrogens with zero attached hydrogens (tertiary/aromatic N) is 6. The number of rotatable bonds is 8. The molecule has 228 valence electrons. The first kappa shape index (κ1) is 30.3. The van der Waals surface area contributed by atoms with Crippen LogP contribution in [0.25, 0.3) is 17.1 Å². The summed E-state index contributed by atoms with van der Waals surface area (Å²) in [6.07, 6.45) is -1.17. The van der Waals surface area contributed by atoms with Crippen molar-refractivity contribution in [1.29, 1.82) is 0 Å². The SMILES string of the molecule is Cc1nc(-c2nc(NC3CCN(S(C)(=O)=O)CC3)ncc2C(F)(F)F)cn1-c1ccc(C2CN(C[C@H](C)O)C2)cc1F. The highest BCUT2D eigenvalue weighted by atomic mass is 32.2. The predicted molar refractivity (Wildman–Crippen MR) is 148 cm³/mol. The van der Waals surface area contributed by atoms with E-state index in [9.17, 15) is 26.7 Å². The van der Waals surface area contributed by atoms with Gasteiger partial charge in [-0.25, -0.2) is 32.1 Å². The molecule has 2 fully saturated rings. The Morgan fingerprint density at radius 3 is 2.45 bits per heavy atom. The second kappa shape index (κ2) is 11.5. The van der Waals surface area contributed by atoms with Crippen LogP contribution in [-0.2, 0) is 16.2 Å². The Hall–Kier alpha value is -3.14. The van der Waals surface area contributed by atoms with Gasteiger partial charge in [0.15, 0.2) is 0 Å². The second-order valence-corrected chi connectivity index (χ2v) is 13.0. The van der Waals surface area contributed by atoms with Crippen molar-refractivity contribution < 1.29 is 31.1 Å². The normalized spacial score (nSPS) is 18.7. The number of imidazole rings is 1. The van der Waals surface area contributed by atoms with Gasteiger partial charge in [-0.05, 0) is 44.4 Å². The van der Waals surface area contributed by atoms with Gasteiger partial charge in [0.2, 0.25) is 16.0 Å². The fourth-order valence-electron chi connectivity index (χ4n) is 5.48. The molecule has 0 saturated carbocycles. The molecule has 3 aromatic rings. The van der Waals surface area contributed by atoms with Gasteiger partial charge in [-0.3, -0.25) is 4.90 Å². The van der Waals surface area contributed by atoms with Gasteiger partial charge in [-0.1, -0.05) is 6.07 Å². The van der Waals surface area contributed by atoms with Gasteiger partial charge >= 0.3 is 6.18 Å². The van der Waals surface area contributed by atoms with E-state index in [-0.39, 0.29) is 48.2 Å². The smallest absolute Gasteiger partial charge is 0.392 e. The molecule has 2 saturated heterocycles. The van der Waals surface area contributed by atoms with Crippen molar-refractivity contribution in [2.75, 3.05) is 44.3 Å². The van der Waals surface area contributed by atoms with Crippen molar-refractivity contribution in [3.8, 4) is 17.1 Å². The summed E-state index contributed by atoms with van der Waals surface area (Å²) in [6, 6.07) is 4.59. The summed E-state index contributed by atoms with van der Waals surface area (Å²) in [7, 11) is -3.32. The third-order valence-electron chi connectivity index (χ3n) is 7.66. The number of nitrogens with one attached hydrogen (secondary N) is 1. The molecule has 1 atom stereocenters. The van der Waals surface area contributed by atoms with Crippen LogP contribution in [0, 0.1) is 12.7 Å². The minimum Gasteiger partial charge on any atom is -0.392 e. The van der Waals surface area contributed by atoms with E-state index in [1.807, 2.05) is 0 Å². The van der Waals surface area contributed by atoms with E-state index in [0.717, 1.165) is 11.8 Å². The zero-order chi connectivity index (χ0) is 30.4. The Balaban J connectivity index is 1.38. The first-order chi connectivity index (χ1) is 19.7. The average Bonchev–Trinajstić information content (AvgIpc) is 3.26. The standard InChI is InChI=1S/C27H33F4N7O3S/c1-16(39)12-36-13-19(14-36)18-4-5-24(22(28)10-18)38-15-23(33-17(38)2)25-21(27(29,30)31)11-32-26(35-25)34-20-6-8-37(9-7-20)42(3,40)41/h4-5,10-11,15-16,19-20,39H,6-9,12-14H2,1-3H3,(H,32,34,35)/t16-/m0/s1. The molecule has 42 heavy (non-hydrogen) atoms. The number of hydrogen-bond donors (Lipinski definition) is 2. The van der Waals surface area contributed by atoms with Gasteiger partial charge in [-0.15, -0.1) is 0 Å². The molecule has 2 N–H and O–H groups in total. The van der Waals surface area contributed by atoms with Crippen LogP contribution < -0.4 is 5.32 Å². The minimum absolute atomic E-state index is 0.0383. The van der Waals surface area contributed by atoms with E-state index >= 15 is 4.39 Å². The third-order valence-corrected chi connectivity index (χ3v) is 8.96. The largest absolute Gasteiger partial charge is 0.420 e. The third kappa shape index (κ3) is 6.58. The zero-order valence-corrected chi connectivity index (χ0v) is 24.3. The van der Waals surface area contributed by atoms with Crippen molar-refractivity contribution >= 4 is 16.0 Å². The highest BCUT2D eigenvalue weighted by Crippen LogP contribution is 2.37. The van der Waals surface area contributed by atoms with E-state index in [0.29, 0.717) is 38.7 Å². The molecule has 2 aliphatic heterocycles. The number of likely N-dealkylation sites (tertiary alicyclic amines) is 1. The molecular weight excluding hydrogens is 578 g/mol. The Bertz CT molecular complexity index is 1550. The Labute approximate surface area is 241 Å². The summed E-state index contributed by atoms with van der Waals surface area (Å²) in [5, 5.41) is 12.6. The van der Waals surface area contributed by atoms with E-state index in [2.05, 4.69) is 25.2 Å². The molecule has 15 heteroatoms. The molecule has 5 rings (SSSR count). The number of halogens is 4. The van der Waals surface area contributed by atoms with Crippen molar-refractivity contribution in [3.05, 3.63) is 53.4 Å². The Morgan fingerprint density at radius 1 is 1.17 bits per heavy atom. The molecule has 0 amide bonds. The van der Waals surface area contributed by atoms with Gasteiger partial charge in [0.05, 0.1) is 18.0 Å². The van der Waals surface area contributed by atoms with Crippen LogP contribution in [0.3, 0.4) is 0 Å². The lowest BCUT2D eigenvalue weighted by Crippen LogP contribution is -2.47. The van der Waals surface area contributed by atoms with Crippen LogP contribution in [0.2, 0.25) is 0 Å². The number of aliphatic hydroxyl groups excluding tert-OH is 1. The number of aliphatic hydroxyl groups is 1. The molecule has 0 bridgehead atoms. The van der Waals surface area contributed by atoms with Gasteiger partial charge in [0.1, 0.15) is 28.6 Å². The summed E-state index contributed by atoms with van der Waals surface area (Å²) in [4.78, 5) is 14.4. The first-order valence-electron chi connectivity index (χ1n) is 13.6. The van der Waals surface area contributed by atoms with Crippen molar-refractivity contribution in [2.45, 2.75) is 50.9 Å². The maximum atomic E-state index is 15.3. The highest BCUT2D eigenvalue weighted by molar-refractivity contribution is 7.88. The molecule has 1 aromatic carbocycles. The maximum Gasteiger partial charge on any atom is 0.420 e. The summed E-state index contributed by atoms with van der Waals surface area (Å²) < 4.78 is 83.5. The van der Waals surface area contributed by atoms with E-state index in [4.69, 9.17) is 0 Å². The summed E-state index contributed by atoms with van der Waals surface area (Å²) in [6.45, 7) is 5.80. The molecule has 0 spiro atoms. The molecule has 10 nitrogen and oxygen atoms in total. The zero-order valence-electron chi connectivity index (χ0n) is 23.4. The van der Waals surface area contributed by atoms with Crippen molar-refractivity contribution in [2.24, 2.45) is 0 Å². The van der Waals surface area contributed by atoms with Crippen LogP contribution in [0.1, 0.15) is 42.6 Å². The number of β-amino-alcohol motifs (C(OH)–C–C–N with tert-alkyl or cyclic N) is 1. The van der Waals surface area contributed by atoms with E-state index < -0.39 is 39.4 Å². The monoisotopic (exact) mass is 611 g/mol. The maximum absolute atomic E-state index is 15.3. The van der Waals surface area contributed by atoms with E-state index in [1.165, 1.54) is 21.1 Å². The molecule has 0 radical (unpaired) electrons. The number of aryl methyl sites for hydroxylation is 1. The molecule has 0 aliphatic carbocycles. The molecule has 4 heterocycles. The molecular formula is C27H33F4N7O3S. The van der Waals surface area contributed by atoms with Crippen LogP contribution in [-0.4, -0.2) is 93.4 Å². The topological polar surface area (TPSA) is 116 Å². The first-order valence-corrected chi connectivity index (χ1v) is 15.5. The van der Waals surface area contributed by atoms with Gasteiger partial charge in [0, 0.05) is 57.1 Å². The number of aromatic nitrogens is 4. The second-order valence-electron chi connectivity index (χ2n) is 11.1. The predicted octanol–water partition coefficient (Wildman–Crippen LogP) is 3.41. The Morgan fingerprint density at radius 2 is 1.86 bits per heavy atom. The van der Waals surface area contributed by atoms with Crippen LogP contribution >= 0.6 is 0 Å². The summed E-state index contributed by atoms with van der Waals surface area (Å²) >= 11 is 0. The lowest BCUT2D eigenvalue weighted by molar-refractivity contribution is -0.137. The van der Waals surface area contributed by atoms with Crippen molar-refractivity contribution in [3.63, 3.8) is 0 Å². The number of sulfonamides is 1. The van der Waals surface area contributed by atoms with Gasteiger partial charge in [0.25, 0.3) is 0 Å². The van der Waals surface area contributed by atoms with Crippen LogP contribution in [0.15, 0.2) is 30.6 Å². The molecule has 2 aliphatic rings. The number of alkyl halides is 3. The van der Waals surface area contributed by atoms with Crippen molar-refractivity contribution in [1.82, 2.24) is 28.7 Å². The lowest BCUT2D eigenvalue weighted by Gasteiger charge is -2.40. The fourth-order valence-corrected chi connectivity index (χ4v) is 6.35. The van der Waals surface area contributed by atoms with Gasteiger partial charge in [-0.2, -0.15) is 13.2 Å². The summed E-state index contributed by atoms with van der Waals surface area (Å²) in [5.74, 6) is -0.164. The number of benzene rings is 1. The minimum atomic E-state index is -4.76. The number of anilines is 1. The average molecular weight is 612 g/mol. The lowest BCUT2D eigenvalue weighted by atomic mass is 9.91. The molecule has 2 aromatic heterocycles. The van der Waals surface area contributed by atoms with E-state index in [1.54, 1.807) is 26.0 Å². The Kier molecular flexibility index (Phi) is 8.31. The van der Waals surface area contributed by atoms with Crippen LogP contribution in [0.4, 0.5) is 23.5 Å². The van der Waals surface area contributed by atoms with Crippen LogP contribution in [0.5, 0.6) is 0 Å². The number of piperidine rings is 1.